The van der Waals surface area contributed by atoms with Crippen molar-refractivity contribution in [3.8, 4) is 0 Å². The van der Waals surface area contributed by atoms with E-state index in [-0.39, 0.29) is 0 Å². The molecular weight excluding hydrogens is 166 g/mol. The fourth-order valence-electron chi connectivity index (χ4n) is 1.03. The van der Waals surface area contributed by atoms with E-state index in [2.05, 4.69) is 5.48 Å². The van der Waals surface area contributed by atoms with Crippen LogP contribution in [0.25, 0.3) is 0 Å². The molecule has 2 N–H and O–H groups in total. The van der Waals surface area contributed by atoms with Crippen molar-refractivity contribution in [1.82, 2.24) is 5.48 Å². The first-order chi connectivity index (χ1) is 6.34. The van der Waals surface area contributed by atoms with Crippen molar-refractivity contribution in [3.05, 3.63) is 35.9 Å². The molecular formula is C10H15NO2. The number of nitrogens with one attached hydrogen (secondary N) is 1. The lowest BCUT2D eigenvalue weighted by atomic mass is 10.1. The zero-order valence-corrected chi connectivity index (χ0v) is 7.73. The maximum atomic E-state index is 9.60. The fraction of sp³-hybridized carbons (Fsp3) is 0.400. The van der Waals surface area contributed by atoms with Crippen LogP contribution in [0.1, 0.15) is 18.6 Å². The molecule has 3 nitrogen and oxygen atoms in total. The van der Waals surface area contributed by atoms with E-state index >= 15 is 0 Å². The Labute approximate surface area is 78.3 Å². The Bertz CT molecular complexity index is 226. The van der Waals surface area contributed by atoms with Gasteiger partial charge in [0, 0.05) is 0 Å². The van der Waals surface area contributed by atoms with E-state index < -0.39 is 6.10 Å². The maximum Gasteiger partial charge on any atom is 0.0937 e. The van der Waals surface area contributed by atoms with Crippen LogP contribution < -0.4 is 5.48 Å². The summed E-state index contributed by atoms with van der Waals surface area (Å²) in [6, 6.07) is 9.50. The molecule has 72 valence electrons. The molecule has 13 heavy (non-hydrogen) atoms. The second-order valence-corrected chi connectivity index (χ2v) is 2.71. The van der Waals surface area contributed by atoms with Crippen LogP contribution in [0.2, 0.25) is 0 Å². The Balaban J connectivity index is 2.35. The van der Waals surface area contributed by atoms with Gasteiger partial charge in [0.2, 0.25) is 0 Å². The summed E-state index contributed by atoms with van der Waals surface area (Å²) in [5.41, 5.74) is 3.58. The molecule has 0 saturated carbocycles. The molecule has 0 radical (unpaired) electrons. The first-order valence-electron chi connectivity index (χ1n) is 4.42. The molecule has 0 aromatic heterocycles. The highest BCUT2D eigenvalue weighted by Gasteiger charge is 2.04. The summed E-state index contributed by atoms with van der Waals surface area (Å²) < 4.78 is 0. The van der Waals surface area contributed by atoms with E-state index in [1.807, 2.05) is 37.3 Å². The van der Waals surface area contributed by atoms with Gasteiger partial charge in [0.25, 0.3) is 0 Å². The van der Waals surface area contributed by atoms with Crippen LogP contribution in [0.15, 0.2) is 30.3 Å². The summed E-state index contributed by atoms with van der Waals surface area (Å²) in [6.45, 7) is 2.90. The summed E-state index contributed by atoms with van der Waals surface area (Å²) in [5.74, 6) is 0. The Morgan fingerprint density at radius 3 is 2.69 bits per heavy atom. The van der Waals surface area contributed by atoms with Gasteiger partial charge in [0.05, 0.1) is 19.3 Å². The molecule has 1 aromatic carbocycles. The van der Waals surface area contributed by atoms with Crippen LogP contribution >= 0.6 is 0 Å². The van der Waals surface area contributed by atoms with E-state index in [4.69, 9.17) is 4.84 Å². The van der Waals surface area contributed by atoms with Crippen LogP contribution in [0.5, 0.6) is 0 Å². The van der Waals surface area contributed by atoms with Crippen molar-refractivity contribution >= 4 is 0 Å². The number of aliphatic hydroxyl groups is 1. The molecule has 1 rings (SSSR count). The third-order valence-electron chi connectivity index (χ3n) is 1.71. The van der Waals surface area contributed by atoms with Gasteiger partial charge in [0.15, 0.2) is 0 Å². The van der Waals surface area contributed by atoms with E-state index in [1.165, 1.54) is 0 Å². The van der Waals surface area contributed by atoms with Crippen molar-refractivity contribution in [1.29, 1.82) is 0 Å². The van der Waals surface area contributed by atoms with Gasteiger partial charge < -0.3 is 9.94 Å². The van der Waals surface area contributed by atoms with Crippen molar-refractivity contribution in [2.45, 2.75) is 13.0 Å². The normalized spacial score (nSPS) is 12.8. The van der Waals surface area contributed by atoms with Gasteiger partial charge in [-0.2, -0.15) is 5.48 Å². The van der Waals surface area contributed by atoms with E-state index in [0.29, 0.717) is 13.2 Å². The molecule has 0 aliphatic heterocycles. The lowest BCUT2D eigenvalue weighted by molar-refractivity contribution is 0.0209. The fourth-order valence-corrected chi connectivity index (χ4v) is 1.03. The summed E-state index contributed by atoms with van der Waals surface area (Å²) in [7, 11) is 0. The molecule has 1 atom stereocenters. The molecule has 1 aromatic rings. The molecule has 0 spiro atoms. The van der Waals surface area contributed by atoms with Gasteiger partial charge in [-0.15, -0.1) is 0 Å². The van der Waals surface area contributed by atoms with Gasteiger partial charge in [-0.1, -0.05) is 30.3 Å². The smallest absolute Gasteiger partial charge is 0.0937 e. The number of aliphatic hydroxyl groups excluding tert-OH is 1. The van der Waals surface area contributed by atoms with Crippen LogP contribution in [-0.4, -0.2) is 18.3 Å². The van der Waals surface area contributed by atoms with Gasteiger partial charge in [0.1, 0.15) is 0 Å². The number of benzene rings is 1. The van der Waals surface area contributed by atoms with E-state index in [9.17, 15) is 5.11 Å². The highest BCUT2D eigenvalue weighted by Crippen LogP contribution is 2.10. The Morgan fingerprint density at radius 2 is 2.08 bits per heavy atom. The largest absolute Gasteiger partial charge is 0.387 e. The number of hydroxylamine groups is 1. The van der Waals surface area contributed by atoms with Gasteiger partial charge in [-0.05, 0) is 12.5 Å². The van der Waals surface area contributed by atoms with E-state index in [0.717, 1.165) is 5.56 Å². The lowest BCUT2D eigenvalue weighted by Gasteiger charge is -2.11. The molecule has 0 aliphatic rings. The van der Waals surface area contributed by atoms with Crippen LogP contribution in [0, 0.1) is 0 Å². The van der Waals surface area contributed by atoms with Crippen LogP contribution in [0.3, 0.4) is 0 Å². The minimum atomic E-state index is -0.507. The number of rotatable bonds is 5. The van der Waals surface area contributed by atoms with Crippen molar-refractivity contribution in [2.24, 2.45) is 0 Å². The number of hydrogen-bond donors (Lipinski definition) is 2. The second-order valence-electron chi connectivity index (χ2n) is 2.71. The van der Waals surface area contributed by atoms with Gasteiger partial charge in [-0.3, -0.25) is 0 Å². The molecule has 3 heteroatoms. The molecule has 0 heterocycles. The molecule has 1 unspecified atom stereocenters. The zero-order valence-electron chi connectivity index (χ0n) is 7.73. The summed E-state index contributed by atoms with van der Waals surface area (Å²) in [4.78, 5) is 4.92. The molecule has 0 fully saturated rings. The zero-order chi connectivity index (χ0) is 9.52. The third-order valence-corrected chi connectivity index (χ3v) is 1.71. The highest BCUT2D eigenvalue weighted by molar-refractivity contribution is 5.17. The predicted octanol–water partition coefficient (Wildman–Crippen LogP) is 1.26. The highest BCUT2D eigenvalue weighted by atomic mass is 16.6. The first kappa shape index (κ1) is 10.2. The lowest BCUT2D eigenvalue weighted by Crippen LogP contribution is -2.21. The van der Waals surface area contributed by atoms with Crippen molar-refractivity contribution in [2.75, 3.05) is 13.2 Å². The molecule has 0 amide bonds. The van der Waals surface area contributed by atoms with E-state index in [1.54, 1.807) is 0 Å². The molecule has 0 aliphatic carbocycles. The third kappa shape index (κ3) is 3.55. The van der Waals surface area contributed by atoms with Crippen molar-refractivity contribution < 1.29 is 9.94 Å². The standard InChI is InChI=1S/C10H15NO2/c1-2-13-11-8-10(12)9-6-4-3-5-7-9/h3-7,10-12H,2,8H2,1H3. The minimum Gasteiger partial charge on any atom is -0.387 e. The Kier molecular flexibility index (Phi) is 4.46. The van der Waals surface area contributed by atoms with Gasteiger partial charge in [-0.25, -0.2) is 0 Å². The predicted molar refractivity (Wildman–Crippen MR) is 51.0 cm³/mol. The summed E-state index contributed by atoms with van der Waals surface area (Å²) in [5, 5.41) is 9.60. The second kappa shape index (κ2) is 5.70. The quantitative estimate of drug-likeness (QED) is 0.531. The monoisotopic (exact) mass is 181 g/mol. The average Bonchev–Trinajstić information content (AvgIpc) is 2.19. The topological polar surface area (TPSA) is 41.5 Å². The number of hydrogen-bond acceptors (Lipinski definition) is 3. The Morgan fingerprint density at radius 1 is 1.38 bits per heavy atom. The average molecular weight is 181 g/mol. The minimum absolute atomic E-state index is 0.415. The van der Waals surface area contributed by atoms with Gasteiger partial charge >= 0.3 is 0 Å². The Hall–Kier alpha value is -0.900. The SMILES string of the molecule is CCONCC(O)c1ccccc1. The van der Waals surface area contributed by atoms with Crippen molar-refractivity contribution in [3.63, 3.8) is 0 Å². The maximum absolute atomic E-state index is 9.60. The van der Waals surface area contributed by atoms with Crippen LogP contribution in [0.4, 0.5) is 0 Å². The molecule has 0 saturated heterocycles. The summed E-state index contributed by atoms with van der Waals surface area (Å²) >= 11 is 0. The van der Waals surface area contributed by atoms with Crippen LogP contribution in [-0.2, 0) is 4.84 Å². The summed E-state index contributed by atoms with van der Waals surface area (Å²) in [6.07, 6.45) is -0.507. The molecule has 0 bridgehead atoms. The first-order valence-corrected chi connectivity index (χ1v) is 4.42.